The van der Waals surface area contributed by atoms with Crippen LogP contribution >= 0.6 is 23.8 Å². The van der Waals surface area contributed by atoms with Crippen LogP contribution in [0.15, 0.2) is 18.2 Å². The largest absolute Gasteiger partial charge is 0.469 e. The summed E-state index contributed by atoms with van der Waals surface area (Å²) in [6.07, 6.45) is 0.268. The molecule has 4 nitrogen and oxygen atoms in total. The third kappa shape index (κ3) is 2.42. The number of ether oxygens (including phenoxy) is 1. The minimum Gasteiger partial charge on any atom is -0.469 e. The summed E-state index contributed by atoms with van der Waals surface area (Å²) in [5.41, 5.74) is 1.80. The van der Waals surface area contributed by atoms with E-state index in [0.717, 1.165) is 11.0 Å². The van der Waals surface area contributed by atoms with Crippen molar-refractivity contribution in [3.63, 3.8) is 0 Å². The maximum Gasteiger partial charge on any atom is 0.307 e. The van der Waals surface area contributed by atoms with Gasteiger partial charge in [-0.2, -0.15) is 0 Å². The number of methoxy groups -OCH3 is 1. The second-order valence-corrected chi connectivity index (χ2v) is 4.91. The van der Waals surface area contributed by atoms with E-state index < -0.39 is 0 Å². The Morgan fingerprint density at radius 1 is 1.61 bits per heavy atom. The van der Waals surface area contributed by atoms with Crippen molar-refractivity contribution in [1.29, 1.82) is 0 Å². The normalized spacial score (nSPS) is 12.6. The third-order valence-electron chi connectivity index (χ3n) is 2.81. The summed E-state index contributed by atoms with van der Waals surface area (Å²) in [7, 11) is 1.38. The van der Waals surface area contributed by atoms with Gasteiger partial charge < -0.3 is 14.3 Å². The quantitative estimate of drug-likeness (QED) is 0.693. The van der Waals surface area contributed by atoms with Crippen LogP contribution in [-0.4, -0.2) is 22.6 Å². The fourth-order valence-electron chi connectivity index (χ4n) is 1.95. The highest BCUT2D eigenvalue weighted by Crippen LogP contribution is 2.24. The molecule has 18 heavy (non-hydrogen) atoms. The minimum atomic E-state index is -0.263. The molecule has 0 saturated carbocycles. The number of carbonyl (C=O) groups is 1. The van der Waals surface area contributed by atoms with Gasteiger partial charge in [-0.25, -0.2) is 0 Å². The summed E-state index contributed by atoms with van der Waals surface area (Å²) in [5, 5.41) is 0.635. The van der Waals surface area contributed by atoms with Crippen LogP contribution in [0.5, 0.6) is 0 Å². The lowest BCUT2D eigenvalue weighted by Gasteiger charge is -2.13. The highest BCUT2D eigenvalue weighted by atomic mass is 35.5. The molecule has 1 aromatic carbocycles. The van der Waals surface area contributed by atoms with Crippen molar-refractivity contribution in [3.05, 3.63) is 28.0 Å². The Hall–Kier alpha value is -1.33. The van der Waals surface area contributed by atoms with Gasteiger partial charge in [0.15, 0.2) is 4.77 Å². The second-order valence-electron chi connectivity index (χ2n) is 4.09. The van der Waals surface area contributed by atoms with Crippen LogP contribution in [-0.2, 0) is 9.53 Å². The molecule has 0 aliphatic rings. The van der Waals surface area contributed by atoms with E-state index in [0.29, 0.717) is 9.79 Å². The molecule has 1 N–H and O–H groups in total. The lowest BCUT2D eigenvalue weighted by Crippen LogP contribution is -2.12. The molecule has 0 radical (unpaired) electrons. The Bertz CT molecular complexity index is 647. The van der Waals surface area contributed by atoms with Crippen molar-refractivity contribution in [2.75, 3.05) is 7.11 Å². The van der Waals surface area contributed by atoms with Crippen molar-refractivity contribution in [3.8, 4) is 0 Å². The monoisotopic (exact) mass is 284 g/mol. The Labute approximate surface area is 115 Å². The number of hydrogen-bond donors (Lipinski definition) is 1. The topological polar surface area (TPSA) is 47.0 Å². The molecule has 0 fully saturated rings. The average Bonchev–Trinajstić information content (AvgIpc) is 2.64. The molecular formula is C12H13ClN2O2S. The molecule has 2 rings (SSSR count). The molecular weight excluding hydrogens is 272 g/mol. The molecule has 0 saturated heterocycles. The van der Waals surface area contributed by atoms with E-state index in [-0.39, 0.29) is 18.4 Å². The molecule has 1 unspecified atom stereocenters. The van der Waals surface area contributed by atoms with Gasteiger partial charge in [0.05, 0.1) is 24.6 Å². The van der Waals surface area contributed by atoms with E-state index in [1.807, 2.05) is 23.6 Å². The molecule has 1 atom stereocenters. The number of imidazole rings is 1. The summed E-state index contributed by atoms with van der Waals surface area (Å²) < 4.78 is 7.13. The summed E-state index contributed by atoms with van der Waals surface area (Å²) in [5.74, 6) is -0.263. The van der Waals surface area contributed by atoms with Crippen molar-refractivity contribution < 1.29 is 9.53 Å². The number of fused-ring (bicyclic) bond motifs is 1. The number of aromatic amines is 1. The first-order valence-corrected chi connectivity index (χ1v) is 6.28. The zero-order chi connectivity index (χ0) is 13.3. The number of hydrogen-bond acceptors (Lipinski definition) is 3. The van der Waals surface area contributed by atoms with E-state index in [2.05, 4.69) is 9.72 Å². The van der Waals surface area contributed by atoms with Gasteiger partial charge in [-0.3, -0.25) is 4.79 Å². The molecule has 96 valence electrons. The first-order valence-electron chi connectivity index (χ1n) is 5.49. The zero-order valence-electron chi connectivity index (χ0n) is 10.1. The highest BCUT2D eigenvalue weighted by molar-refractivity contribution is 7.71. The van der Waals surface area contributed by atoms with Gasteiger partial charge in [-0.1, -0.05) is 11.6 Å². The molecule has 0 bridgehead atoms. The van der Waals surface area contributed by atoms with Crippen LogP contribution < -0.4 is 0 Å². The Balaban J connectivity index is 2.49. The van der Waals surface area contributed by atoms with Gasteiger partial charge in [-0.05, 0) is 37.3 Å². The van der Waals surface area contributed by atoms with Crippen LogP contribution in [0.3, 0.4) is 0 Å². The highest BCUT2D eigenvalue weighted by Gasteiger charge is 2.15. The van der Waals surface area contributed by atoms with Crippen molar-refractivity contribution in [2.24, 2.45) is 0 Å². The Kier molecular flexibility index (Phi) is 3.73. The zero-order valence-corrected chi connectivity index (χ0v) is 11.6. The first kappa shape index (κ1) is 13.1. The molecule has 0 aliphatic heterocycles. The van der Waals surface area contributed by atoms with Crippen molar-refractivity contribution in [1.82, 2.24) is 9.55 Å². The summed E-state index contributed by atoms with van der Waals surface area (Å²) >= 11 is 11.3. The lowest BCUT2D eigenvalue weighted by molar-refractivity contribution is -0.141. The fraction of sp³-hybridized carbons (Fsp3) is 0.333. The number of esters is 1. The van der Waals surface area contributed by atoms with Crippen LogP contribution in [0.25, 0.3) is 11.0 Å². The summed E-state index contributed by atoms with van der Waals surface area (Å²) in [4.78, 5) is 14.4. The van der Waals surface area contributed by atoms with Crippen molar-refractivity contribution >= 4 is 40.8 Å². The standard InChI is InChI=1S/C12H13ClN2O2S/c1-7(5-11(16)17-2)15-10-6-8(13)3-4-9(10)14-12(15)18/h3-4,6-7H,5H2,1-2H3,(H,14,18). The fourth-order valence-corrected chi connectivity index (χ4v) is 2.50. The van der Waals surface area contributed by atoms with Gasteiger partial charge in [0, 0.05) is 11.1 Å². The van der Waals surface area contributed by atoms with Gasteiger partial charge in [0.1, 0.15) is 0 Å². The van der Waals surface area contributed by atoms with Gasteiger partial charge in [0.25, 0.3) is 0 Å². The van der Waals surface area contributed by atoms with E-state index >= 15 is 0 Å². The number of benzene rings is 1. The molecule has 0 amide bonds. The van der Waals surface area contributed by atoms with Gasteiger partial charge in [0.2, 0.25) is 0 Å². The maximum atomic E-state index is 11.3. The number of halogens is 1. The van der Waals surface area contributed by atoms with E-state index in [9.17, 15) is 4.79 Å². The van der Waals surface area contributed by atoms with Gasteiger partial charge >= 0.3 is 5.97 Å². The van der Waals surface area contributed by atoms with Gasteiger partial charge in [-0.15, -0.1) is 0 Å². The third-order valence-corrected chi connectivity index (χ3v) is 3.34. The predicted molar refractivity (Wildman–Crippen MR) is 73.5 cm³/mol. The van der Waals surface area contributed by atoms with E-state index in [1.165, 1.54) is 7.11 Å². The first-order chi connectivity index (χ1) is 8.52. The molecule has 0 aliphatic carbocycles. The van der Waals surface area contributed by atoms with E-state index in [4.69, 9.17) is 23.8 Å². The number of carbonyl (C=O) groups excluding carboxylic acids is 1. The van der Waals surface area contributed by atoms with Crippen LogP contribution in [0.2, 0.25) is 5.02 Å². The Morgan fingerprint density at radius 3 is 3.00 bits per heavy atom. The molecule has 0 spiro atoms. The van der Waals surface area contributed by atoms with Crippen LogP contribution in [0.1, 0.15) is 19.4 Å². The molecule has 1 aromatic heterocycles. The predicted octanol–water partition coefficient (Wildman–Crippen LogP) is 3.48. The van der Waals surface area contributed by atoms with Crippen LogP contribution in [0, 0.1) is 4.77 Å². The molecule has 2 aromatic rings. The minimum absolute atomic E-state index is 0.0860. The number of nitrogens with one attached hydrogen (secondary N) is 1. The number of rotatable bonds is 3. The Morgan fingerprint density at radius 2 is 2.33 bits per heavy atom. The SMILES string of the molecule is COC(=O)CC(C)n1c(=S)[nH]c2ccc(Cl)cc21. The average molecular weight is 285 g/mol. The lowest BCUT2D eigenvalue weighted by atomic mass is 10.2. The second kappa shape index (κ2) is 5.12. The maximum absolute atomic E-state index is 11.3. The van der Waals surface area contributed by atoms with E-state index in [1.54, 1.807) is 6.07 Å². The number of H-pyrrole nitrogens is 1. The molecule has 1 heterocycles. The summed E-state index contributed by atoms with van der Waals surface area (Å²) in [6.45, 7) is 1.92. The van der Waals surface area contributed by atoms with Crippen LogP contribution in [0.4, 0.5) is 0 Å². The van der Waals surface area contributed by atoms with Crippen molar-refractivity contribution in [2.45, 2.75) is 19.4 Å². The molecule has 6 heteroatoms. The number of nitrogens with zero attached hydrogens (tertiary/aromatic N) is 1. The number of aromatic nitrogens is 2. The summed E-state index contributed by atoms with van der Waals surface area (Å²) in [6, 6.07) is 5.41. The smallest absolute Gasteiger partial charge is 0.307 e.